The number of hydrogen-bond donors (Lipinski definition) is 1. The lowest BCUT2D eigenvalue weighted by Crippen LogP contribution is -2.44. The summed E-state index contributed by atoms with van der Waals surface area (Å²) in [4.78, 5) is 11.4. The van der Waals surface area contributed by atoms with Crippen LogP contribution in [0, 0.1) is 0 Å². The minimum Gasteiger partial charge on any atom is -0.410 e. The second-order valence-electron chi connectivity index (χ2n) is 4.45. The summed E-state index contributed by atoms with van der Waals surface area (Å²) in [5.74, 6) is 0.588. The van der Waals surface area contributed by atoms with Gasteiger partial charge in [-0.15, -0.1) is 0 Å². The lowest BCUT2D eigenvalue weighted by Gasteiger charge is -2.31. The second kappa shape index (κ2) is 6.40. The van der Waals surface area contributed by atoms with E-state index in [1.807, 2.05) is 19.1 Å². The summed E-state index contributed by atoms with van der Waals surface area (Å²) in [6.07, 6.45) is -0.406. The second-order valence-corrected chi connectivity index (χ2v) is 4.45. The number of quaternary nitrogens is 1. The lowest BCUT2D eigenvalue weighted by molar-refractivity contribution is 0.201. The van der Waals surface area contributed by atoms with E-state index in [1.54, 1.807) is 6.07 Å². The number of hydrogen-bond acceptors (Lipinski definition) is 2. The smallest absolute Gasteiger partial charge is 0.410 e. The highest BCUT2D eigenvalue weighted by molar-refractivity contribution is 5.70. The summed E-state index contributed by atoms with van der Waals surface area (Å²) in [5.41, 5.74) is 1.15. The van der Waals surface area contributed by atoms with Gasteiger partial charge in [0.15, 0.2) is 0 Å². The molecule has 0 aliphatic rings. The van der Waals surface area contributed by atoms with Gasteiger partial charge >= 0.3 is 6.09 Å². The molecule has 0 aliphatic carbocycles. The zero-order chi connectivity index (χ0) is 13.6. The van der Waals surface area contributed by atoms with Gasteiger partial charge in [0, 0.05) is 12.6 Å². The number of carbonyl (C=O) groups excluding carboxylic acids is 1. The van der Waals surface area contributed by atoms with Gasteiger partial charge < -0.3 is 10.1 Å². The van der Waals surface area contributed by atoms with Gasteiger partial charge in [-0.3, -0.25) is 4.48 Å². The van der Waals surface area contributed by atoms with Crippen LogP contribution in [0.1, 0.15) is 20.8 Å². The monoisotopic (exact) mass is 251 g/mol. The maximum absolute atomic E-state index is 11.4. The molecule has 100 valence electrons. The summed E-state index contributed by atoms with van der Waals surface area (Å²) < 4.78 is 6.05. The molecule has 1 aromatic rings. The highest BCUT2D eigenvalue weighted by atomic mass is 16.6. The highest BCUT2D eigenvalue weighted by Crippen LogP contribution is 2.25. The van der Waals surface area contributed by atoms with Crippen LogP contribution in [-0.2, 0) is 0 Å². The van der Waals surface area contributed by atoms with Gasteiger partial charge in [-0.2, -0.15) is 0 Å². The van der Waals surface area contributed by atoms with Crippen LogP contribution in [0.4, 0.5) is 10.5 Å². The molecule has 4 nitrogen and oxygen atoms in total. The van der Waals surface area contributed by atoms with Gasteiger partial charge in [0.2, 0.25) is 0 Å². The first-order valence-corrected chi connectivity index (χ1v) is 6.46. The van der Waals surface area contributed by atoms with Crippen molar-refractivity contribution in [2.75, 3.05) is 26.7 Å². The highest BCUT2D eigenvalue weighted by Gasteiger charge is 2.20. The Labute approximate surface area is 109 Å². The first kappa shape index (κ1) is 14.5. The molecule has 0 fully saturated rings. The van der Waals surface area contributed by atoms with E-state index in [4.69, 9.17) is 4.74 Å². The van der Waals surface area contributed by atoms with Crippen LogP contribution in [0.25, 0.3) is 0 Å². The minimum atomic E-state index is -0.406. The van der Waals surface area contributed by atoms with Crippen molar-refractivity contribution in [3.05, 3.63) is 24.3 Å². The average Bonchev–Trinajstić information content (AvgIpc) is 2.38. The largest absolute Gasteiger partial charge is 0.412 e. The molecule has 1 aromatic carbocycles. The number of nitrogens with zero attached hydrogens (tertiary/aromatic N) is 1. The Hall–Kier alpha value is -1.55. The van der Waals surface area contributed by atoms with Gasteiger partial charge in [0.1, 0.15) is 11.4 Å². The van der Waals surface area contributed by atoms with E-state index in [9.17, 15) is 4.79 Å². The summed E-state index contributed by atoms with van der Waals surface area (Å²) in [6, 6.07) is 7.72. The van der Waals surface area contributed by atoms with E-state index < -0.39 is 6.09 Å². The van der Waals surface area contributed by atoms with Crippen molar-refractivity contribution in [1.82, 2.24) is 9.80 Å². The zero-order valence-electron chi connectivity index (χ0n) is 11.7. The molecule has 1 N–H and O–H groups in total. The van der Waals surface area contributed by atoms with E-state index in [0.717, 1.165) is 23.3 Å². The molecule has 0 unspecified atom stereocenters. The van der Waals surface area contributed by atoms with Crippen molar-refractivity contribution in [2.45, 2.75) is 20.8 Å². The van der Waals surface area contributed by atoms with Crippen LogP contribution in [0.2, 0.25) is 0 Å². The van der Waals surface area contributed by atoms with Crippen LogP contribution < -0.4 is 14.5 Å². The van der Waals surface area contributed by atoms with E-state index in [0.29, 0.717) is 12.3 Å². The molecule has 0 saturated carbocycles. The predicted octanol–water partition coefficient (Wildman–Crippen LogP) is 2.77. The van der Waals surface area contributed by atoms with Crippen molar-refractivity contribution < 1.29 is 9.53 Å². The fourth-order valence-corrected chi connectivity index (χ4v) is 1.76. The van der Waals surface area contributed by atoms with Crippen molar-refractivity contribution in [3.8, 4) is 5.75 Å². The van der Waals surface area contributed by atoms with Crippen molar-refractivity contribution in [2.24, 2.45) is 0 Å². The number of benzene rings is 1. The molecule has 0 atom stereocenters. The normalized spacial score (nSPS) is 11.1. The van der Waals surface area contributed by atoms with Crippen LogP contribution >= 0.6 is 0 Å². The summed E-state index contributed by atoms with van der Waals surface area (Å²) in [6.45, 7) is 8.74. The van der Waals surface area contributed by atoms with Crippen molar-refractivity contribution in [1.29, 1.82) is 0 Å². The predicted molar refractivity (Wildman–Crippen MR) is 74.9 cm³/mol. The molecule has 4 heteroatoms. The quantitative estimate of drug-likeness (QED) is 0.817. The third kappa shape index (κ3) is 3.47. The molecule has 0 spiro atoms. The number of ether oxygens (including phenoxy) is 1. The molecule has 1 amide bonds. The lowest BCUT2D eigenvalue weighted by atomic mass is 10.2. The average molecular weight is 251 g/mol. The molecule has 1 rings (SSSR count). The molecular weight excluding hydrogens is 228 g/mol. The maximum Gasteiger partial charge on any atom is 0.412 e. The fraction of sp³-hybridized carbons (Fsp3) is 0.500. The van der Waals surface area contributed by atoms with Gasteiger partial charge in [-0.25, -0.2) is 4.79 Å². The van der Waals surface area contributed by atoms with Gasteiger partial charge in [-0.05, 0) is 32.9 Å². The Kier molecular flexibility index (Phi) is 5.16. The Morgan fingerprint density at radius 2 is 1.94 bits per heavy atom. The Morgan fingerprint density at radius 3 is 2.50 bits per heavy atom. The maximum atomic E-state index is 11.4. The third-order valence-corrected chi connectivity index (χ3v) is 3.37. The first-order valence-electron chi connectivity index (χ1n) is 6.46. The van der Waals surface area contributed by atoms with Crippen LogP contribution in [0.5, 0.6) is 5.75 Å². The summed E-state index contributed by atoms with van der Waals surface area (Å²) >= 11 is 0. The zero-order valence-corrected chi connectivity index (χ0v) is 11.7. The Balaban J connectivity index is 2.88. The van der Waals surface area contributed by atoms with Gasteiger partial charge in [0.05, 0.1) is 20.1 Å². The fourth-order valence-electron chi connectivity index (χ4n) is 1.76. The van der Waals surface area contributed by atoms with Crippen molar-refractivity contribution >= 4 is 11.8 Å². The van der Waals surface area contributed by atoms with Gasteiger partial charge in [-0.1, -0.05) is 6.07 Å². The molecule has 0 radical (unpaired) electrons. The van der Waals surface area contributed by atoms with Crippen LogP contribution in [0.3, 0.4) is 0 Å². The molecule has 0 heterocycles. The van der Waals surface area contributed by atoms with E-state index in [1.165, 1.54) is 0 Å². The number of amides is 1. The van der Waals surface area contributed by atoms with Gasteiger partial charge in [0.25, 0.3) is 0 Å². The van der Waals surface area contributed by atoms with E-state index in [-0.39, 0.29) is 0 Å². The molecule has 0 saturated heterocycles. The molecule has 0 aromatic heterocycles. The number of carbonyl (C=O) groups is 1. The standard InChI is InChI=1S/C14H22N2O2/c1-5-15-14(17)18-13-10-8-9-12(11-13)16(4,6-2)7-3/h8-11H,5-7H2,1-4H3/p+1. The Morgan fingerprint density at radius 1 is 1.28 bits per heavy atom. The molecular formula is C14H23N2O2+. The van der Waals surface area contributed by atoms with Crippen molar-refractivity contribution in [3.63, 3.8) is 0 Å². The van der Waals surface area contributed by atoms with E-state index in [2.05, 4.69) is 32.3 Å². The molecule has 0 aliphatic heterocycles. The number of rotatable bonds is 5. The molecule has 0 bridgehead atoms. The first-order chi connectivity index (χ1) is 8.55. The summed E-state index contributed by atoms with van der Waals surface area (Å²) in [5, 5.41) is 2.61. The minimum absolute atomic E-state index is 0.406. The topological polar surface area (TPSA) is 38.3 Å². The Bertz CT molecular complexity index is 401. The van der Waals surface area contributed by atoms with Crippen LogP contribution in [0.15, 0.2) is 24.3 Å². The SMILES string of the molecule is CCNC(=O)Oc1cccc([N+](C)(CC)CC)c1. The van der Waals surface area contributed by atoms with Crippen LogP contribution in [-0.4, -0.2) is 32.8 Å². The number of nitrogens with one attached hydrogen (secondary N) is 1. The van der Waals surface area contributed by atoms with E-state index >= 15 is 0 Å². The molecule has 18 heavy (non-hydrogen) atoms. The summed E-state index contributed by atoms with van der Waals surface area (Å²) in [7, 11) is 2.17. The third-order valence-electron chi connectivity index (χ3n) is 3.37.